The number of carbonyl (C=O) groups excluding carboxylic acids is 1. The van der Waals surface area contributed by atoms with Crippen molar-refractivity contribution in [3.8, 4) is 0 Å². The summed E-state index contributed by atoms with van der Waals surface area (Å²) in [5.41, 5.74) is 6.21. The van der Waals surface area contributed by atoms with Crippen molar-refractivity contribution in [3.63, 3.8) is 0 Å². The molecule has 5 nitrogen and oxygen atoms in total. The second kappa shape index (κ2) is 7.76. The Kier molecular flexibility index (Phi) is 5.42. The van der Waals surface area contributed by atoms with Crippen LogP contribution in [0.2, 0.25) is 5.02 Å². The first-order chi connectivity index (χ1) is 12.8. The summed E-state index contributed by atoms with van der Waals surface area (Å²) in [6.07, 6.45) is 2.98. The van der Waals surface area contributed by atoms with Crippen LogP contribution < -0.4 is 10.6 Å². The quantitative estimate of drug-likeness (QED) is 0.639. The van der Waals surface area contributed by atoms with Crippen molar-refractivity contribution in [3.05, 3.63) is 75.6 Å². The largest absolute Gasteiger partial charge is 0.324 e. The van der Waals surface area contributed by atoms with Crippen LogP contribution in [-0.4, -0.2) is 15.9 Å². The van der Waals surface area contributed by atoms with Gasteiger partial charge in [-0.2, -0.15) is 0 Å². The minimum atomic E-state index is -0.304. The highest BCUT2D eigenvalue weighted by atomic mass is 35.5. The number of aromatic nitrogens is 2. The normalized spacial score (nSPS) is 10.6. The van der Waals surface area contributed by atoms with Gasteiger partial charge in [0.15, 0.2) is 0 Å². The van der Waals surface area contributed by atoms with Crippen LogP contribution in [0, 0.1) is 27.7 Å². The molecule has 0 saturated heterocycles. The third kappa shape index (κ3) is 4.44. The van der Waals surface area contributed by atoms with Gasteiger partial charge in [-0.1, -0.05) is 23.7 Å². The Balaban J connectivity index is 1.73. The topological polar surface area (TPSA) is 66.9 Å². The number of nitrogens with zero attached hydrogens (tertiary/aromatic N) is 2. The van der Waals surface area contributed by atoms with Gasteiger partial charge in [-0.3, -0.25) is 4.79 Å². The fraction of sp³-hybridized carbons (Fsp3) is 0.190. The van der Waals surface area contributed by atoms with Crippen molar-refractivity contribution >= 4 is 34.8 Å². The van der Waals surface area contributed by atoms with Crippen molar-refractivity contribution in [2.45, 2.75) is 27.7 Å². The molecule has 0 spiro atoms. The summed E-state index contributed by atoms with van der Waals surface area (Å²) in [4.78, 5) is 20.9. The lowest BCUT2D eigenvalue weighted by atomic mass is 10.1. The molecular formula is C21H21ClN4O. The Bertz CT molecular complexity index is 977. The van der Waals surface area contributed by atoms with E-state index in [4.69, 9.17) is 11.6 Å². The number of hydrogen-bond donors (Lipinski definition) is 2. The van der Waals surface area contributed by atoms with Crippen molar-refractivity contribution in [1.82, 2.24) is 9.97 Å². The highest BCUT2D eigenvalue weighted by Gasteiger charge is 2.12. The molecule has 0 bridgehead atoms. The molecule has 0 radical (unpaired) electrons. The van der Waals surface area contributed by atoms with Gasteiger partial charge in [-0.15, -0.1) is 0 Å². The minimum absolute atomic E-state index is 0.304. The zero-order chi connectivity index (χ0) is 19.6. The van der Waals surface area contributed by atoms with Gasteiger partial charge >= 0.3 is 0 Å². The predicted octanol–water partition coefficient (Wildman–Crippen LogP) is 5.36. The van der Waals surface area contributed by atoms with E-state index in [1.807, 2.05) is 51.1 Å². The monoisotopic (exact) mass is 380 g/mol. The van der Waals surface area contributed by atoms with Gasteiger partial charge in [0.2, 0.25) is 5.95 Å². The first kappa shape index (κ1) is 18.9. The van der Waals surface area contributed by atoms with E-state index in [9.17, 15) is 4.79 Å². The number of anilines is 3. The third-order valence-electron chi connectivity index (χ3n) is 4.35. The Morgan fingerprint density at radius 3 is 2.26 bits per heavy atom. The molecule has 1 amide bonds. The highest BCUT2D eigenvalue weighted by molar-refractivity contribution is 6.34. The van der Waals surface area contributed by atoms with E-state index in [-0.39, 0.29) is 5.91 Å². The van der Waals surface area contributed by atoms with E-state index in [1.54, 1.807) is 0 Å². The van der Waals surface area contributed by atoms with Crippen LogP contribution in [0.5, 0.6) is 0 Å². The van der Waals surface area contributed by atoms with Crippen LogP contribution in [0.4, 0.5) is 17.3 Å². The van der Waals surface area contributed by atoms with Gasteiger partial charge in [-0.05, 0) is 68.1 Å². The fourth-order valence-electron chi connectivity index (χ4n) is 2.72. The zero-order valence-corrected chi connectivity index (χ0v) is 16.5. The van der Waals surface area contributed by atoms with Gasteiger partial charge in [0.1, 0.15) is 0 Å². The SMILES string of the molecule is Cc1cc(C)c(NC(=O)c2cnc(Nc3ccc(C)c(C)c3)nc2)c(Cl)c1. The predicted molar refractivity (Wildman–Crippen MR) is 110 cm³/mol. The van der Waals surface area contributed by atoms with Crippen molar-refractivity contribution in [2.75, 3.05) is 10.6 Å². The van der Waals surface area contributed by atoms with Crippen molar-refractivity contribution in [1.29, 1.82) is 0 Å². The summed E-state index contributed by atoms with van der Waals surface area (Å²) in [7, 11) is 0. The van der Waals surface area contributed by atoms with E-state index < -0.39 is 0 Å². The molecule has 27 heavy (non-hydrogen) atoms. The molecule has 0 atom stereocenters. The molecule has 6 heteroatoms. The molecule has 0 aliphatic rings. The summed E-state index contributed by atoms with van der Waals surface area (Å²) in [6.45, 7) is 7.97. The molecule has 1 aromatic heterocycles. The van der Waals surface area contributed by atoms with E-state index >= 15 is 0 Å². The Hall–Kier alpha value is -2.92. The Morgan fingerprint density at radius 1 is 0.926 bits per heavy atom. The Labute approximate surface area is 163 Å². The molecule has 1 heterocycles. The standard InChI is InChI=1S/C21H21ClN4O/c1-12-7-15(4)19(18(22)8-12)26-20(27)16-10-23-21(24-11-16)25-17-6-5-13(2)14(3)9-17/h5-11H,1-4H3,(H,26,27)(H,23,24,25). The summed E-state index contributed by atoms with van der Waals surface area (Å²) in [5, 5.41) is 6.48. The molecule has 3 aromatic rings. The summed E-state index contributed by atoms with van der Waals surface area (Å²) in [5.74, 6) is 0.126. The zero-order valence-electron chi connectivity index (χ0n) is 15.7. The second-order valence-electron chi connectivity index (χ2n) is 6.61. The first-order valence-corrected chi connectivity index (χ1v) is 8.95. The summed E-state index contributed by atoms with van der Waals surface area (Å²) < 4.78 is 0. The van der Waals surface area contributed by atoms with E-state index in [1.165, 1.54) is 23.5 Å². The molecule has 0 fully saturated rings. The first-order valence-electron chi connectivity index (χ1n) is 8.58. The number of hydrogen-bond acceptors (Lipinski definition) is 4. The van der Waals surface area contributed by atoms with Crippen LogP contribution in [0.3, 0.4) is 0 Å². The number of amides is 1. The molecule has 0 aliphatic heterocycles. The molecule has 0 aliphatic carbocycles. The molecule has 2 N–H and O–H groups in total. The van der Waals surface area contributed by atoms with Crippen LogP contribution in [-0.2, 0) is 0 Å². The van der Waals surface area contributed by atoms with Crippen LogP contribution in [0.15, 0.2) is 42.7 Å². The maximum Gasteiger partial charge on any atom is 0.258 e. The smallest absolute Gasteiger partial charge is 0.258 e. The van der Waals surface area contributed by atoms with Gasteiger partial charge in [0.05, 0.1) is 16.3 Å². The van der Waals surface area contributed by atoms with Gasteiger partial charge in [0, 0.05) is 18.1 Å². The lowest BCUT2D eigenvalue weighted by Gasteiger charge is -2.12. The number of halogens is 1. The van der Waals surface area contributed by atoms with Crippen LogP contribution in [0.25, 0.3) is 0 Å². The fourth-order valence-corrected chi connectivity index (χ4v) is 3.09. The third-order valence-corrected chi connectivity index (χ3v) is 4.65. The Morgan fingerprint density at radius 2 is 1.63 bits per heavy atom. The molecule has 0 unspecified atom stereocenters. The van der Waals surface area contributed by atoms with Crippen molar-refractivity contribution < 1.29 is 4.79 Å². The van der Waals surface area contributed by atoms with Crippen molar-refractivity contribution in [2.24, 2.45) is 0 Å². The molecule has 0 saturated carbocycles. The maximum absolute atomic E-state index is 12.5. The van der Waals surface area contributed by atoms with E-state index in [0.29, 0.717) is 22.2 Å². The number of rotatable bonds is 4. The average molecular weight is 381 g/mol. The van der Waals surface area contributed by atoms with Gasteiger partial charge in [-0.25, -0.2) is 9.97 Å². The molecular weight excluding hydrogens is 360 g/mol. The number of benzene rings is 2. The van der Waals surface area contributed by atoms with E-state index in [2.05, 4.69) is 27.5 Å². The number of nitrogens with one attached hydrogen (secondary N) is 2. The molecule has 3 rings (SSSR count). The highest BCUT2D eigenvalue weighted by Crippen LogP contribution is 2.27. The molecule has 138 valence electrons. The maximum atomic E-state index is 12.5. The van der Waals surface area contributed by atoms with Gasteiger partial charge < -0.3 is 10.6 Å². The second-order valence-corrected chi connectivity index (χ2v) is 7.02. The minimum Gasteiger partial charge on any atom is -0.324 e. The van der Waals surface area contributed by atoms with Crippen LogP contribution >= 0.6 is 11.6 Å². The summed E-state index contributed by atoms with van der Waals surface area (Å²) in [6, 6.07) is 9.81. The summed E-state index contributed by atoms with van der Waals surface area (Å²) >= 11 is 6.25. The number of carbonyl (C=O) groups is 1. The average Bonchev–Trinajstić information content (AvgIpc) is 2.61. The lowest BCUT2D eigenvalue weighted by Crippen LogP contribution is -2.14. The van der Waals surface area contributed by atoms with E-state index in [0.717, 1.165) is 16.8 Å². The van der Waals surface area contributed by atoms with Gasteiger partial charge in [0.25, 0.3) is 5.91 Å². The lowest BCUT2D eigenvalue weighted by molar-refractivity contribution is 0.102. The molecule has 2 aromatic carbocycles. The van der Waals surface area contributed by atoms with Crippen LogP contribution in [0.1, 0.15) is 32.6 Å². The number of aryl methyl sites for hydroxylation is 4.